The van der Waals surface area contributed by atoms with E-state index in [4.69, 9.17) is 18.5 Å². The predicted octanol–water partition coefficient (Wildman–Crippen LogP) is 4.28. The summed E-state index contributed by atoms with van der Waals surface area (Å²) in [6.07, 6.45) is 0. The van der Waals surface area contributed by atoms with Gasteiger partial charge in [-0.15, -0.1) is 0 Å². The van der Waals surface area contributed by atoms with Crippen LogP contribution in [-0.4, -0.2) is 21.3 Å². The van der Waals surface area contributed by atoms with Crippen molar-refractivity contribution in [3.05, 3.63) is 83.1 Å². The van der Waals surface area contributed by atoms with Gasteiger partial charge in [0.2, 0.25) is 5.82 Å². The zero-order chi connectivity index (χ0) is 20.9. The zero-order valence-corrected chi connectivity index (χ0v) is 16.5. The Kier molecular flexibility index (Phi) is 5.56. The molecule has 4 aromatic rings. The van der Waals surface area contributed by atoms with Crippen LogP contribution in [0.2, 0.25) is 0 Å². The second-order valence-electron chi connectivity index (χ2n) is 6.57. The average Bonchev–Trinajstić information content (AvgIpc) is 3.38. The second kappa shape index (κ2) is 8.60. The molecule has 0 bridgehead atoms. The Morgan fingerprint density at radius 2 is 1.70 bits per heavy atom. The topological polar surface area (TPSA) is 100 Å². The van der Waals surface area contributed by atoms with Gasteiger partial charge in [0.1, 0.15) is 18.1 Å². The predicted molar refractivity (Wildman–Crippen MR) is 106 cm³/mol. The first-order chi connectivity index (χ1) is 14.6. The summed E-state index contributed by atoms with van der Waals surface area (Å²) < 4.78 is 21.2. The highest BCUT2D eigenvalue weighted by molar-refractivity contribution is 5.89. The first-order valence-corrected chi connectivity index (χ1v) is 9.30. The van der Waals surface area contributed by atoms with Crippen molar-refractivity contribution in [2.75, 3.05) is 0 Å². The molecule has 30 heavy (non-hydrogen) atoms. The van der Waals surface area contributed by atoms with E-state index in [1.807, 2.05) is 44.2 Å². The second-order valence-corrected chi connectivity index (χ2v) is 6.57. The number of carbonyl (C=O) groups excluding carboxylic acids is 1. The van der Waals surface area contributed by atoms with Crippen molar-refractivity contribution >= 4 is 5.97 Å². The minimum Gasteiger partial charge on any atom is -0.489 e. The Bertz CT molecular complexity index is 1110. The maximum Gasteiger partial charge on any atom is 0.338 e. The largest absolute Gasteiger partial charge is 0.489 e. The fourth-order valence-electron chi connectivity index (χ4n) is 2.78. The number of esters is 1. The minimum atomic E-state index is -0.494. The molecule has 2 aromatic heterocycles. The van der Waals surface area contributed by atoms with Crippen LogP contribution in [0.15, 0.2) is 63.6 Å². The molecular formula is C22H19N3O5. The van der Waals surface area contributed by atoms with E-state index in [1.54, 1.807) is 24.3 Å². The monoisotopic (exact) mass is 405 g/mol. The normalized spacial score (nSPS) is 10.7. The van der Waals surface area contributed by atoms with Crippen LogP contribution in [0.3, 0.4) is 0 Å². The fraction of sp³-hybridized carbons (Fsp3) is 0.182. The van der Waals surface area contributed by atoms with Crippen molar-refractivity contribution in [1.82, 2.24) is 15.3 Å². The third-order valence-electron chi connectivity index (χ3n) is 4.48. The lowest BCUT2D eigenvalue weighted by Gasteiger charge is -2.07. The van der Waals surface area contributed by atoms with Crippen LogP contribution in [0, 0.1) is 13.8 Å². The van der Waals surface area contributed by atoms with Gasteiger partial charge in [-0.3, -0.25) is 0 Å². The van der Waals surface area contributed by atoms with Gasteiger partial charge >= 0.3 is 5.97 Å². The zero-order valence-electron chi connectivity index (χ0n) is 16.5. The summed E-state index contributed by atoms with van der Waals surface area (Å²) in [5.74, 6) is 1.52. The van der Waals surface area contributed by atoms with E-state index >= 15 is 0 Å². The SMILES string of the molecule is Cc1noc(C)c1COc1ccc(C(=O)OCc2nc(-c3ccccc3)no2)cc1. The van der Waals surface area contributed by atoms with Gasteiger partial charge in [-0.2, -0.15) is 4.98 Å². The van der Waals surface area contributed by atoms with Gasteiger partial charge in [-0.1, -0.05) is 40.6 Å². The van der Waals surface area contributed by atoms with Crippen molar-refractivity contribution in [2.24, 2.45) is 0 Å². The Labute approximate surface area is 172 Å². The van der Waals surface area contributed by atoms with Crippen LogP contribution >= 0.6 is 0 Å². The number of nitrogens with zero attached hydrogens (tertiary/aromatic N) is 3. The molecule has 8 nitrogen and oxygen atoms in total. The first-order valence-electron chi connectivity index (χ1n) is 9.30. The van der Waals surface area contributed by atoms with Gasteiger partial charge in [0.05, 0.1) is 16.8 Å². The highest BCUT2D eigenvalue weighted by atomic mass is 16.6. The Balaban J connectivity index is 1.31. The standard InChI is InChI=1S/C22H19N3O5/c1-14-19(15(2)29-24-14)12-27-18-10-8-17(9-11-18)22(26)28-13-20-23-21(25-30-20)16-6-4-3-5-7-16/h3-11H,12-13H2,1-2H3. The lowest BCUT2D eigenvalue weighted by molar-refractivity contribution is 0.0430. The highest BCUT2D eigenvalue weighted by Gasteiger charge is 2.13. The summed E-state index contributed by atoms with van der Waals surface area (Å²) in [4.78, 5) is 16.5. The molecule has 0 unspecified atom stereocenters. The van der Waals surface area contributed by atoms with Crippen LogP contribution in [0.5, 0.6) is 5.75 Å². The van der Waals surface area contributed by atoms with Crippen molar-refractivity contribution in [3.8, 4) is 17.1 Å². The van der Waals surface area contributed by atoms with Gasteiger partial charge in [0, 0.05) is 5.56 Å². The number of benzene rings is 2. The van der Waals surface area contributed by atoms with Gasteiger partial charge in [0.15, 0.2) is 6.61 Å². The molecule has 8 heteroatoms. The van der Waals surface area contributed by atoms with Gasteiger partial charge in [-0.25, -0.2) is 4.79 Å². The molecule has 0 aliphatic rings. The van der Waals surface area contributed by atoms with Crippen LogP contribution in [0.1, 0.15) is 33.3 Å². The van der Waals surface area contributed by atoms with Crippen molar-refractivity contribution in [1.29, 1.82) is 0 Å². The number of aromatic nitrogens is 3. The lowest BCUT2D eigenvalue weighted by Crippen LogP contribution is -2.05. The molecule has 0 amide bonds. The highest BCUT2D eigenvalue weighted by Crippen LogP contribution is 2.19. The molecule has 0 saturated carbocycles. The summed E-state index contributed by atoms with van der Waals surface area (Å²) in [5.41, 5.74) is 2.92. The molecular weight excluding hydrogens is 386 g/mol. The quantitative estimate of drug-likeness (QED) is 0.420. The molecule has 0 N–H and O–H groups in total. The molecule has 0 saturated heterocycles. The summed E-state index contributed by atoms with van der Waals surface area (Å²) in [7, 11) is 0. The maximum atomic E-state index is 12.3. The molecule has 4 rings (SSSR count). The molecule has 2 heterocycles. The van der Waals surface area contributed by atoms with Gasteiger partial charge < -0.3 is 18.5 Å². The van der Waals surface area contributed by atoms with Crippen LogP contribution in [0.4, 0.5) is 0 Å². The number of aryl methyl sites for hydroxylation is 2. The third-order valence-corrected chi connectivity index (χ3v) is 4.48. The van der Waals surface area contributed by atoms with Crippen molar-refractivity contribution < 1.29 is 23.3 Å². The number of hydrogen-bond donors (Lipinski definition) is 0. The summed E-state index contributed by atoms with van der Waals surface area (Å²) in [5, 5.41) is 7.79. The minimum absolute atomic E-state index is 0.108. The number of rotatable bonds is 7. The summed E-state index contributed by atoms with van der Waals surface area (Å²) in [6.45, 7) is 3.93. The van der Waals surface area contributed by atoms with E-state index in [2.05, 4.69) is 15.3 Å². The van der Waals surface area contributed by atoms with Gasteiger partial charge in [0.25, 0.3) is 5.89 Å². The molecule has 152 valence electrons. The molecule has 2 aromatic carbocycles. The first kappa shape index (κ1) is 19.4. The van der Waals surface area contributed by atoms with Crippen LogP contribution < -0.4 is 4.74 Å². The molecule has 0 aliphatic carbocycles. The molecule has 0 spiro atoms. The number of ether oxygens (including phenoxy) is 2. The summed E-state index contributed by atoms with van der Waals surface area (Å²) >= 11 is 0. The van der Waals surface area contributed by atoms with E-state index < -0.39 is 5.97 Å². The Hall–Kier alpha value is -3.94. The van der Waals surface area contributed by atoms with Crippen molar-refractivity contribution in [3.63, 3.8) is 0 Å². The molecule has 0 fully saturated rings. The van der Waals surface area contributed by atoms with E-state index in [0.29, 0.717) is 23.7 Å². The molecule has 0 aliphatic heterocycles. The Morgan fingerprint density at radius 3 is 2.40 bits per heavy atom. The molecule has 0 atom stereocenters. The summed E-state index contributed by atoms with van der Waals surface area (Å²) in [6, 6.07) is 16.1. The lowest BCUT2D eigenvalue weighted by atomic mass is 10.2. The van der Waals surface area contributed by atoms with E-state index in [-0.39, 0.29) is 12.5 Å². The maximum absolute atomic E-state index is 12.3. The Morgan fingerprint density at radius 1 is 0.933 bits per heavy atom. The van der Waals surface area contributed by atoms with E-state index in [1.165, 1.54) is 0 Å². The number of hydrogen-bond acceptors (Lipinski definition) is 8. The molecule has 0 radical (unpaired) electrons. The van der Waals surface area contributed by atoms with Crippen molar-refractivity contribution in [2.45, 2.75) is 27.1 Å². The van der Waals surface area contributed by atoms with E-state index in [0.717, 1.165) is 22.6 Å². The number of carbonyl (C=O) groups is 1. The fourth-order valence-corrected chi connectivity index (χ4v) is 2.78. The van der Waals surface area contributed by atoms with Crippen LogP contribution in [0.25, 0.3) is 11.4 Å². The average molecular weight is 405 g/mol. The third kappa shape index (κ3) is 4.38. The van der Waals surface area contributed by atoms with E-state index in [9.17, 15) is 4.79 Å². The van der Waals surface area contributed by atoms with Gasteiger partial charge in [-0.05, 0) is 38.1 Å². The smallest absolute Gasteiger partial charge is 0.338 e. The van der Waals surface area contributed by atoms with Crippen LogP contribution in [-0.2, 0) is 18.0 Å².